The van der Waals surface area contributed by atoms with Crippen LogP contribution in [0.25, 0.3) is 0 Å². The summed E-state index contributed by atoms with van der Waals surface area (Å²) in [5.41, 5.74) is 6.03. The second-order valence-electron chi connectivity index (χ2n) is 6.60. The van der Waals surface area contributed by atoms with Crippen LogP contribution in [0.3, 0.4) is 0 Å². The van der Waals surface area contributed by atoms with Crippen molar-refractivity contribution in [1.82, 2.24) is 5.43 Å². The van der Waals surface area contributed by atoms with Gasteiger partial charge in [-0.2, -0.15) is 5.10 Å². The molecule has 29 heavy (non-hydrogen) atoms. The molecule has 0 heterocycles. The molecule has 5 heteroatoms. The molecule has 0 aliphatic heterocycles. The van der Waals surface area contributed by atoms with Gasteiger partial charge in [0.1, 0.15) is 5.71 Å². The first-order valence-electron chi connectivity index (χ1n) is 9.46. The Labute approximate surface area is 170 Å². The van der Waals surface area contributed by atoms with Crippen molar-refractivity contribution in [3.05, 3.63) is 102 Å². The third kappa shape index (κ3) is 5.87. The summed E-state index contributed by atoms with van der Waals surface area (Å²) in [6, 6.07) is 26.0. The van der Waals surface area contributed by atoms with E-state index in [0.717, 1.165) is 5.69 Å². The Morgan fingerprint density at radius 2 is 1.38 bits per heavy atom. The minimum absolute atomic E-state index is 0.205. The average molecular weight is 385 g/mol. The first kappa shape index (κ1) is 20.0. The maximum atomic E-state index is 12.9. The number of hydrogen-bond donors (Lipinski definition) is 2. The van der Waals surface area contributed by atoms with Crippen molar-refractivity contribution in [2.45, 2.75) is 13.3 Å². The van der Waals surface area contributed by atoms with E-state index < -0.39 is 0 Å². The Kier molecular flexibility index (Phi) is 6.90. The van der Waals surface area contributed by atoms with E-state index in [1.165, 1.54) is 5.56 Å². The van der Waals surface area contributed by atoms with Gasteiger partial charge < -0.3 is 5.32 Å². The van der Waals surface area contributed by atoms with Crippen LogP contribution in [0, 0.1) is 6.92 Å². The standard InChI is InChI=1S/C24H23N3O2/c1-18-12-14-21(15-13-18)25-17-16-22(28)26-27-23(19-8-4-2-5-9-19)24(29)20-10-6-3-7-11-20/h2-15,25H,16-17H2,1H3,(H,26,28)/b27-23+. The van der Waals surface area contributed by atoms with Gasteiger partial charge in [0.15, 0.2) is 0 Å². The van der Waals surface area contributed by atoms with Crippen LogP contribution in [0.2, 0.25) is 0 Å². The topological polar surface area (TPSA) is 70.6 Å². The monoisotopic (exact) mass is 385 g/mol. The quantitative estimate of drug-likeness (QED) is 0.347. The van der Waals surface area contributed by atoms with Crippen LogP contribution >= 0.6 is 0 Å². The summed E-state index contributed by atoms with van der Waals surface area (Å²) in [7, 11) is 0. The van der Waals surface area contributed by atoms with E-state index in [4.69, 9.17) is 0 Å². The van der Waals surface area contributed by atoms with E-state index in [-0.39, 0.29) is 23.8 Å². The van der Waals surface area contributed by atoms with Crippen LogP contribution in [-0.2, 0) is 4.79 Å². The molecule has 0 bridgehead atoms. The SMILES string of the molecule is Cc1ccc(NCCC(=O)N/N=C(/C(=O)c2ccccc2)c2ccccc2)cc1. The molecule has 3 aromatic rings. The van der Waals surface area contributed by atoms with Gasteiger partial charge in [-0.05, 0) is 19.1 Å². The second kappa shape index (κ2) is 9.99. The molecular formula is C24H23N3O2. The van der Waals surface area contributed by atoms with Gasteiger partial charge in [-0.1, -0.05) is 78.4 Å². The molecule has 2 N–H and O–H groups in total. The van der Waals surface area contributed by atoms with Crippen molar-refractivity contribution in [1.29, 1.82) is 0 Å². The Bertz CT molecular complexity index is 982. The number of amides is 1. The zero-order valence-electron chi connectivity index (χ0n) is 16.3. The number of carbonyl (C=O) groups is 2. The fraction of sp³-hybridized carbons (Fsp3) is 0.125. The molecule has 0 aliphatic rings. The highest BCUT2D eigenvalue weighted by atomic mass is 16.2. The van der Waals surface area contributed by atoms with E-state index >= 15 is 0 Å². The predicted molar refractivity (Wildman–Crippen MR) is 116 cm³/mol. The molecule has 0 unspecified atom stereocenters. The van der Waals surface area contributed by atoms with Crippen molar-refractivity contribution >= 4 is 23.1 Å². The molecule has 0 aromatic heterocycles. The normalized spacial score (nSPS) is 11.0. The first-order chi connectivity index (χ1) is 14.1. The van der Waals surface area contributed by atoms with E-state index in [0.29, 0.717) is 17.7 Å². The fourth-order valence-corrected chi connectivity index (χ4v) is 2.73. The van der Waals surface area contributed by atoms with Crippen LogP contribution < -0.4 is 10.7 Å². The smallest absolute Gasteiger partial charge is 0.241 e. The van der Waals surface area contributed by atoms with Crippen LogP contribution in [0.15, 0.2) is 90.0 Å². The Hall–Kier alpha value is -3.73. The predicted octanol–water partition coefficient (Wildman–Crippen LogP) is 4.20. The lowest BCUT2D eigenvalue weighted by Gasteiger charge is -2.08. The van der Waals surface area contributed by atoms with E-state index in [1.54, 1.807) is 36.4 Å². The number of nitrogens with zero attached hydrogens (tertiary/aromatic N) is 1. The number of nitrogens with one attached hydrogen (secondary N) is 2. The second-order valence-corrected chi connectivity index (χ2v) is 6.60. The molecule has 0 spiro atoms. The molecule has 3 aromatic carbocycles. The van der Waals surface area contributed by atoms with Crippen molar-refractivity contribution in [2.24, 2.45) is 5.10 Å². The number of carbonyl (C=O) groups excluding carboxylic acids is 2. The van der Waals surface area contributed by atoms with Crippen LogP contribution in [-0.4, -0.2) is 23.9 Å². The lowest BCUT2D eigenvalue weighted by Crippen LogP contribution is -2.25. The lowest BCUT2D eigenvalue weighted by molar-refractivity contribution is -0.120. The number of rotatable bonds is 8. The van der Waals surface area contributed by atoms with Crippen molar-refractivity contribution in [3.63, 3.8) is 0 Å². The minimum atomic E-state index is -0.265. The zero-order chi connectivity index (χ0) is 20.5. The molecule has 1 amide bonds. The van der Waals surface area contributed by atoms with Gasteiger partial charge in [0, 0.05) is 29.8 Å². The highest BCUT2D eigenvalue weighted by molar-refractivity contribution is 6.51. The van der Waals surface area contributed by atoms with E-state index in [1.807, 2.05) is 55.5 Å². The third-order valence-corrected chi connectivity index (χ3v) is 4.32. The molecule has 0 atom stereocenters. The van der Waals surface area contributed by atoms with Gasteiger partial charge >= 0.3 is 0 Å². The number of ketones is 1. The van der Waals surface area contributed by atoms with Crippen molar-refractivity contribution in [3.8, 4) is 0 Å². The van der Waals surface area contributed by atoms with Crippen molar-refractivity contribution in [2.75, 3.05) is 11.9 Å². The molecule has 5 nitrogen and oxygen atoms in total. The van der Waals surface area contributed by atoms with Crippen LogP contribution in [0.1, 0.15) is 27.9 Å². The Morgan fingerprint density at radius 1 is 0.793 bits per heavy atom. The highest BCUT2D eigenvalue weighted by Crippen LogP contribution is 2.10. The number of hydrogen-bond acceptors (Lipinski definition) is 4. The summed E-state index contributed by atoms with van der Waals surface area (Å²) < 4.78 is 0. The summed E-state index contributed by atoms with van der Waals surface area (Å²) >= 11 is 0. The maximum Gasteiger partial charge on any atom is 0.241 e. The van der Waals surface area contributed by atoms with Gasteiger partial charge in [0.2, 0.25) is 11.7 Å². The molecule has 146 valence electrons. The van der Waals surface area contributed by atoms with Crippen LogP contribution in [0.4, 0.5) is 5.69 Å². The van der Waals surface area contributed by atoms with Gasteiger partial charge in [0.25, 0.3) is 0 Å². The van der Waals surface area contributed by atoms with E-state index in [9.17, 15) is 9.59 Å². The molecule has 0 fully saturated rings. The summed E-state index contributed by atoms with van der Waals surface area (Å²) in [4.78, 5) is 25.1. The fourth-order valence-electron chi connectivity index (χ4n) is 2.73. The molecule has 0 saturated carbocycles. The Balaban J connectivity index is 1.65. The van der Waals surface area contributed by atoms with Gasteiger partial charge in [-0.3, -0.25) is 9.59 Å². The number of benzene rings is 3. The zero-order valence-corrected chi connectivity index (χ0v) is 16.3. The van der Waals surface area contributed by atoms with Gasteiger partial charge in [0.05, 0.1) is 0 Å². The number of aryl methyl sites for hydroxylation is 1. The van der Waals surface area contributed by atoms with E-state index in [2.05, 4.69) is 15.8 Å². The van der Waals surface area contributed by atoms with Crippen LogP contribution in [0.5, 0.6) is 0 Å². The molecule has 0 saturated heterocycles. The molecular weight excluding hydrogens is 362 g/mol. The molecule has 0 aliphatic carbocycles. The highest BCUT2D eigenvalue weighted by Gasteiger charge is 2.16. The molecule has 0 radical (unpaired) electrons. The summed E-state index contributed by atoms with van der Waals surface area (Å²) in [6.07, 6.45) is 0.235. The Morgan fingerprint density at radius 3 is 2.00 bits per heavy atom. The largest absolute Gasteiger partial charge is 0.385 e. The average Bonchev–Trinajstić information content (AvgIpc) is 2.76. The summed E-state index contributed by atoms with van der Waals surface area (Å²) in [6.45, 7) is 2.49. The number of hydrazone groups is 1. The van der Waals surface area contributed by atoms with Gasteiger partial charge in [-0.15, -0.1) is 0 Å². The maximum absolute atomic E-state index is 12.9. The third-order valence-electron chi connectivity index (χ3n) is 4.32. The number of Topliss-reactive ketones (excluding diaryl/α,β-unsaturated/α-hetero) is 1. The lowest BCUT2D eigenvalue weighted by atomic mass is 10.0. The summed E-state index contributed by atoms with van der Waals surface area (Å²) in [5.74, 6) is -0.506. The minimum Gasteiger partial charge on any atom is -0.385 e. The summed E-state index contributed by atoms with van der Waals surface area (Å²) in [5, 5.41) is 7.34. The molecule has 3 rings (SSSR count). The van der Waals surface area contributed by atoms with Crippen molar-refractivity contribution < 1.29 is 9.59 Å². The number of anilines is 1. The van der Waals surface area contributed by atoms with Gasteiger partial charge in [-0.25, -0.2) is 5.43 Å². The first-order valence-corrected chi connectivity index (χ1v) is 9.46.